The molecule has 2 aliphatic carbocycles. The molecule has 1 heterocycles. The molecule has 3 aliphatic rings. The van der Waals surface area contributed by atoms with E-state index in [1.54, 1.807) is 0 Å². The number of ether oxygens (including phenoxy) is 2. The van der Waals surface area contributed by atoms with Gasteiger partial charge in [-0.3, -0.25) is 9.59 Å². The fourth-order valence-corrected chi connectivity index (χ4v) is 3.23. The van der Waals surface area contributed by atoms with Crippen molar-refractivity contribution in [3.63, 3.8) is 0 Å². The Morgan fingerprint density at radius 2 is 2.06 bits per heavy atom. The second-order valence-corrected chi connectivity index (χ2v) is 4.53. The average Bonchev–Trinajstić information content (AvgIpc) is 2.81. The molecule has 0 aromatic carbocycles. The summed E-state index contributed by atoms with van der Waals surface area (Å²) in [5, 5.41) is 0. The Morgan fingerprint density at radius 3 is 2.67 bits per heavy atom. The van der Waals surface area contributed by atoms with Crippen LogP contribution in [0.3, 0.4) is 0 Å². The molecule has 0 aromatic heterocycles. The van der Waals surface area contributed by atoms with E-state index in [1.165, 1.54) is 0 Å². The van der Waals surface area contributed by atoms with Crippen molar-refractivity contribution in [3.05, 3.63) is 13.9 Å². The van der Waals surface area contributed by atoms with Crippen molar-refractivity contribution in [3.8, 4) is 0 Å². The van der Waals surface area contributed by atoms with Crippen molar-refractivity contribution >= 4 is 11.9 Å². The van der Waals surface area contributed by atoms with Gasteiger partial charge in [0, 0.05) is 18.3 Å². The van der Waals surface area contributed by atoms with Crippen LogP contribution in [0.5, 0.6) is 0 Å². The topological polar surface area (TPSA) is 52.6 Å². The third-order valence-electron chi connectivity index (χ3n) is 3.81. The molecule has 5 unspecified atom stereocenters. The molecular weight excluding hydrogens is 424 g/mol. The van der Waals surface area contributed by atoms with E-state index in [0.29, 0.717) is 6.42 Å². The van der Waals surface area contributed by atoms with Gasteiger partial charge in [0.2, 0.25) is 5.97 Å². The van der Waals surface area contributed by atoms with Crippen LogP contribution in [0.4, 0.5) is 8.78 Å². The van der Waals surface area contributed by atoms with Gasteiger partial charge in [-0.15, -0.1) is 0 Å². The van der Waals surface area contributed by atoms with Gasteiger partial charge in [-0.1, -0.05) is 0 Å². The molecule has 0 N–H and O–H groups in total. The van der Waals surface area contributed by atoms with Gasteiger partial charge in [-0.05, 0) is 12.8 Å². The Balaban J connectivity index is 0.000000810. The quantitative estimate of drug-likeness (QED) is 0.485. The van der Waals surface area contributed by atoms with Crippen molar-refractivity contribution in [2.24, 2.45) is 17.8 Å². The fourth-order valence-electron chi connectivity index (χ4n) is 3.23. The number of halogens is 2. The minimum absolute atomic E-state index is 0. The van der Waals surface area contributed by atoms with Crippen LogP contribution < -0.4 is 0 Å². The summed E-state index contributed by atoms with van der Waals surface area (Å²) >= 11 is 0. The Kier molecular flexibility index (Phi) is 4.37. The first-order valence-corrected chi connectivity index (χ1v) is 5.17. The Bertz CT molecular complexity index is 363. The van der Waals surface area contributed by atoms with Crippen molar-refractivity contribution < 1.29 is 47.6 Å². The van der Waals surface area contributed by atoms with Crippen LogP contribution in [-0.4, -0.2) is 24.1 Å². The Morgan fingerprint density at radius 1 is 1.39 bits per heavy atom. The summed E-state index contributed by atoms with van der Waals surface area (Å²) in [5.74, 6) is -1.94. The van der Waals surface area contributed by atoms with Gasteiger partial charge in [0.15, 0.2) is 0 Å². The maximum Gasteiger partial charge on any atom is 2.00 e. The Labute approximate surface area is 116 Å². The molecule has 0 spiro atoms. The molecule has 3 rings (SSSR count). The van der Waals surface area contributed by atoms with Crippen LogP contribution in [-0.2, 0) is 38.9 Å². The van der Waals surface area contributed by atoms with Gasteiger partial charge in [0.25, 0.3) is 0 Å². The van der Waals surface area contributed by atoms with Crippen LogP contribution in [0.2, 0.25) is 0 Å². The van der Waals surface area contributed by atoms with E-state index >= 15 is 0 Å². The van der Waals surface area contributed by atoms with Gasteiger partial charge in [-0.2, -0.15) is 0 Å². The SMILES string of the molecule is O=C(OC1C2CC3C(=O)OC1C3C2)[C-](F)F.[CH3-].[Os+2]. The van der Waals surface area contributed by atoms with E-state index in [4.69, 9.17) is 4.74 Å². The first kappa shape index (κ1) is 15.4. The van der Waals surface area contributed by atoms with Gasteiger partial charge in [0.1, 0.15) is 12.2 Å². The van der Waals surface area contributed by atoms with E-state index in [9.17, 15) is 18.4 Å². The van der Waals surface area contributed by atoms with Crippen LogP contribution in [0.1, 0.15) is 12.8 Å². The minimum Gasteiger partial charge on any atom is -0.477 e. The standard InChI is InChI=1S/C10H9F2O4.CH3.Os/c11-8(12)10(14)15-6-3-1-4-5(2-3)9(13)16-7(4)6;;/h3-7H,1-2H2;1H3;/q2*-1;+2. The second-order valence-electron chi connectivity index (χ2n) is 4.53. The number of rotatable bonds is 2. The van der Waals surface area contributed by atoms with Crippen molar-refractivity contribution in [1.29, 1.82) is 0 Å². The van der Waals surface area contributed by atoms with Crippen LogP contribution in [0, 0.1) is 31.6 Å². The van der Waals surface area contributed by atoms with Crippen molar-refractivity contribution in [1.82, 2.24) is 0 Å². The number of esters is 2. The molecule has 7 heteroatoms. The molecule has 4 nitrogen and oxygen atoms in total. The minimum atomic E-state index is -2.36. The van der Waals surface area contributed by atoms with E-state index < -0.39 is 24.6 Å². The van der Waals surface area contributed by atoms with Gasteiger partial charge >= 0.3 is 25.8 Å². The first-order chi connectivity index (χ1) is 7.58. The summed E-state index contributed by atoms with van der Waals surface area (Å²) in [5.41, 5.74) is 0. The molecule has 18 heavy (non-hydrogen) atoms. The molecule has 1 aliphatic heterocycles. The van der Waals surface area contributed by atoms with Crippen molar-refractivity contribution in [2.75, 3.05) is 0 Å². The summed E-state index contributed by atoms with van der Waals surface area (Å²) in [6.45, 7) is 0. The molecule has 2 bridgehead atoms. The van der Waals surface area contributed by atoms with Crippen LogP contribution in [0.15, 0.2) is 0 Å². The van der Waals surface area contributed by atoms with E-state index in [0.717, 1.165) is 6.42 Å². The summed E-state index contributed by atoms with van der Waals surface area (Å²) in [6.07, 6.45) is -2.22. The molecule has 0 amide bonds. The van der Waals surface area contributed by atoms with Crippen molar-refractivity contribution in [2.45, 2.75) is 25.0 Å². The smallest absolute Gasteiger partial charge is 0.477 e. The first-order valence-electron chi connectivity index (χ1n) is 5.17. The zero-order valence-electron chi connectivity index (χ0n) is 9.54. The maximum atomic E-state index is 12.0. The summed E-state index contributed by atoms with van der Waals surface area (Å²) < 4.78 is 33.7. The maximum absolute atomic E-state index is 12.0. The molecule has 3 fully saturated rings. The number of carbonyl (C=O) groups is 2. The molecule has 0 aromatic rings. The monoisotopic (exact) mass is 438 g/mol. The van der Waals surface area contributed by atoms with Gasteiger partial charge in [-0.25, -0.2) is 0 Å². The fraction of sp³-hybridized carbons (Fsp3) is 0.636. The molecule has 5 atom stereocenters. The zero-order valence-corrected chi connectivity index (χ0v) is 12.1. The van der Waals surface area contributed by atoms with E-state index in [2.05, 4.69) is 4.74 Å². The number of hydrogen-bond acceptors (Lipinski definition) is 4. The molecule has 102 valence electrons. The second kappa shape index (κ2) is 5.12. The third-order valence-corrected chi connectivity index (χ3v) is 3.81. The predicted molar refractivity (Wildman–Crippen MR) is 51.3 cm³/mol. The summed E-state index contributed by atoms with van der Waals surface area (Å²) in [6, 6.07) is 0. The van der Waals surface area contributed by atoms with E-state index in [-0.39, 0.29) is 50.9 Å². The summed E-state index contributed by atoms with van der Waals surface area (Å²) in [4.78, 5) is 22.1. The largest absolute Gasteiger partial charge is 2.00 e. The predicted octanol–water partition coefficient (Wildman–Crippen LogP) is 1.36. The van der Waals surface area contributed by atoms with Gasteiger partial charge in [0.05, 0.1) is 5.92 Å². The van der Waals surface area contributed by atoms with Crippen LogP contribution in [0.25, 0.3) is 0 Å². The normalized spacial score (nSPS) is 38.6. The molecular formula is C11H12F2O4Os. The molecule has 2 saturated carbocycles. The molecule has 1 saturated heterocycles. The molecule has 0 radical (unpaired) electrons. The Hall–Kier alpha value is -0.694. The summed E-state index contributed by atoms with van der Waals surface area (Å²) in [7, 11) is 0. The van der Waals surface area contributed by atoms with Crippen LogP contribution >= 0.6 is 0 Å². The third kappa shape index (κ3) is 2.03. The van der Waals surface area contributed by atoms with E-state index in [1.807, 2.05) is 0 Å². The number of fused-ring (bicyclic) bond motifs is 1. The number of carbonyl (C=O) groups excluding carboxylic acids is 2. The van der Waals surface area contributed by atoms with Gasteiger partial charge < -0.3 is 25.7 Å². The average molecular weight is 436 g/mol. The zero-order chi connectivity index (χ0) is 11.4. The number of hydrogen-bond donors (Lipinski definition) is 0.